The molecule has 4 nitrogen and oxygen atoms in total. The van der Waals surface area contributed by atoms with Crippen molar-refractivity contribution in [1.82, 2.24) is 5.32 Å². The molecule has 2 aromatic rings. The van der Waals surface area contributed by atoms with Gasteiger partial charge in [0, 0.05) is 11.4 Å². The largest absolute Gasteiger partial charge is 0.466 e. The maximum absolute atomic E-state index is 11.9. The van der Waals surface area contributed by atoms with Crippen LogP contribution in [0, 0.1) is 13.8 Å². The van der Waals surface area contributed by atoms with E-state index < -0.39 is 6.10 Å². The lowest BCUT2D eigenvalue weighted by Gasteiger charge is -2.09. The van der Waals surface area contributed by atoms with Crippen LogP contribution in [0.15, 0.2) is 28.0 Å². The van der Waals surface area contributed by atoms with Gasteiger partial charge in [-0.25, -0.2) is 0 Å². The molecule has 2 aromatic heterocycles. The van der Waals surface area contributed by atoms with Gasteiger partial charge in [0.05, 0.1) is 11.7 Å². The second kappa shape index (κ2) is 6.04. The van der Waals surface area contributed by atoms with Gasteiger partial charge >= 0.3 is 0 Å². The van der Waals surface area contributed by atoms with Crippen molar-refractivity contribution in [3.05, 3.63) is 45.5 Å². The van der Waals surface area contributed by atoms with E-state index in [1.165, 1.54) is 11.3 Å². The molecule has 0 aromatic carbocycles. The van der Waals surface area contributed by atoms with Crippen LogP contribution in [0.25, 0.3) is 0 Å². The van der Waals surface area contributed by atoms with Crippen LogP contribution in [0.3, 0.4) is 0 Å². The van der Waals surface area contributed by atoms with E-state index in [0.717, 1.165) is 10.6 Å². The number of nitrogens with one attached hydrogen (secondary N) is 1. The zero-order valence-electron chi connectivity index (χ0n) is 11.0. The number of aliphatic hydroxyl groups is 1. The number of amides is 1. The van der Waals surface area contributed by atoms with Gasteiger partial charge in [-0.2, -0.15) is 0 Å². The average Bonchev–Trinajstić information content (AvgIpc) is 2.98. The van der Waals surface area contributed by atoms with Crippen LogP contribution < -0.4 is 5.32 Å². The van der Waals surface area contributed by atoms with Gasteiger partial charge in [0.1, 0.15) is 11.5 Å². The first-order valence-electron chi connectivity index (χ1n) is 6.14. The third-order valence-corrected chi connectivity index (χ3v) is 3.83. The second-order valence-electron chi connectivity index (χ2n) is 4.40. The SMILES string of the molecule is Cc1cc(C(=O)NCC[C@H](O)c2cccs2)c(C)o1. The lowest BCUT2D eigenvalue weighted by molar-refractivity contribution is 0.0942. The molecule has 0 aliphatic carbocycles. The first kappa shape index (κ1) is 13.8. The average molecular weight is 279 g/mol. The molecule has 2 N–H and O–H groups in total. The molecule has 0 fully saturated rings. The summed E-state index contributed by atoms with van der Waals surface area (Å²) in [6.45, 7) is 4.01. The van der Waals surface area contributed by atoms with Gasteiger partial charge in [-0.15, -0.1) is 11.3 Å². The molecule has 1 atom stereocenters. The van der Waals surface area contributed by atoms with Crippen LogP contribution in [0.1, 0.15) is 39.3 Å². The Morgan fingerprint density at radius 1 is 1.53 bits per heavy atom. The summed E-state index contributed by atoms with van der Waals surface area (Å²) < 4.78 is 5.31. The molecule has 1 amide bonds. The molecule has 0 spiro atoms. The molecule has 19 heavy (non-hydrogen) atoms. The van der Waals surface area contributed by atoms with E-state index in [9.17, 15) is 9.90 Å². The predicted molar refractivity (Wildman–Crippen MR) is 74.4 cm³/mol. The van der Waals surface area contributed by atoms with Crippen molar-refractivity contribution < 1.29 is 14.3 Å². The topological polar surface area (TPSA) is 62.5 Å². The molecule has 0 radical (unpaired) electrons. The fourth-order valence-corrected chi connectivity index (χ4v) is 2.64. The summed E-state index contributed by atoms with van der Waals surface area (Å²) in [7, 11) is 0. The van der Waals surface area contributed by atoms with Gasteiger partial charge in [0.15, 0.2) is 0 Å². The number of aliphatic hydroxyl groups excluding tert-OH is 1. The molecule has 2 heterocycles. The van der Waals surface area contributed by atoms with Crippen molar-refractivity contribution in [3.63, 3.8) is 0 Å². The van der Waals surface area contributed by atoms with Gasteiger partial charge in [-0.1, -0.05) is 6.07 Å². The Labute approximate surface area is 116 Å². The van der Waals surface area contributed by atoms with Crippen molar-refractivity contribution in [2.75, 3.05) is 6.54 Å². The number of furan rings is 1. The summed E-state index contributed by atoms with van der Waals surface area (Å²) in [4.78, 5) is 12.8. The van der Waals surface area contributed by atoms with E-state index in [4.69, 9.17) is 4.42 Å². The number of hydrogen-bond acceptors (Lipinski definition) is 4. The van der Waals surface area contributed by atoms with E-state index in [1.807, 2.05) is 24.4 Å². The lowest BCUT2D eigenvalue weighted by atomic mass is 10.2. The molecule has 2 rings (SSSR count). The smallest absolute Gasteiger partial charge is 0.254 e. The Hall–Kier alpha value is -1.59. The summed E-state index contributed by atoms with van der Waals surface area (Å²) in [6, 6.07) is 5.51. The molecule has 0 aliphatic heterocycles. The first-order valence-corrected chi connectivity index (χ1v) is 7.02. The van der Waals surface area contributed by atoms with Crippen LogP contribution >= 0.6 is 11.3 Å². The quantitative estimate of drug-likeness (QED) is 0.884. The normalized spacial score (nSPS) is 12.4. The molecule has 0 saturated carbocycles. The second-order valence-corrected chi connectivity index (χ2v) is 5.38. The van der Waals surface area contributed by atoms with Gasteiger partial charge < -0.3 is 14.8 Å². The van der Waals surface area contributed by atoms with Crippen LogP contribution in [0.2, 0.25) is 0 Å². The van der Waals surface area contributed by atoms with Crippen molar-refractivity contribution in [2.24, 2.45) is 0 Å². The summed E-state index contributed by atoms with van der Waals surface area (Å²) in [6.07, 6.45) is -0.0187. The molecular formula is C14H17NO3S. The van der Waals surface area contributed by atoms with Gasteiger partial charge in [0.2, 0.25) is 0 Å². The van der Waals surface area contributed by atoms with Crippen molar-refractivity contribution in [2.45, 2.75) is 26.4 Å². The number of hydrogen-bond donors (Lipinski definition) is 2. The molecular weight excluding hydrogens is 262 g/mol. The third kappa shape index (κ3) is 3.45. The monoisotopic (exact) mass is 279 g/mol. The highest BCUT2D eigenvalue weighted by Gasteiger charge is 2.14. The number of carbonyl (C=O) groups excluding carboxylic acids is 1. The van der Waals surface area contributed by atoms with E-state index in [0.29, 0.717) is 24.3 Å². The number of thiophene rings is 1. The maximum atomic E-state index is 11.9. The van der Waals surface area contributed by atoms with Crippen LogP contribution in [0.5, 0.6) is 0 Å². The molecule has 0 bridgehead atoms. The fraction of sp³-hybridized carbons (Fsp3) is 0.357. The Morgan fingerprint density at radius 3 is 2.89 bits per heavy atom. The Morgan fingerprint density at radius 2 is 2.32 bits per heavy atom. The minimum absolute atomic E-state index is 0.160. The van der Waals surface area contributed by atoms with E-state index >= 15 is 0 Å². The minimum atomic E-state index is -0.521. The summed E-state index contributed by atoms with van der Waals surface area (Å²) in [5, 5.41) is 14.6. The van der Waals surface area contributed by atoms with E-state index in [2.05, 4.69) is 5.32 Å². The number of rotatable bonds is 5. The zero-order chi connectivity index (χ0) is 13.8. The van der Waals surface area contributed by atoms with Crippen molar-refractivity contribution in [1.29, 1.82) is 0 Å². The van der Waals surface area contributed by atoms with Crippen LogP contribution in [0.4, 0.5) is 0 Å². The highest BCUT2D eigenvalue weighted by Crippen LogP contribution is 2.21. The number of carbonyl (C=O) groups is 1. The van der Waals surface area contributed by atoms with Crippen LogP contribution in [-0.4, -0.2) is 17.6 Å². The third-order valence-electron chi connectivity index (χ3n) is 2.86. The molecule has 0 unspecified atom stereocenters. The summed E-state index contributed by atoms with van der Waals surface area (Å²) in [5.74, 6) is 1.18. The van der Waals surface area contributed by atoms with Crippen molar-refractivity contribution >= 4 is 17.2 Å². The molecule has 102 valence electrons. The maximum Gasteiger partial charge on any atom is 0.254 e. The van der Waals surface area contributed by atoms with Gasteiger partial charge in [-0.05, 0) is 37.8 Å². The fourth-order valence-electron chi connectivity index (χ4n) is 1.90. The lowest BCUT2D eigenvalue weighted by Crippen LogP contribution is -2.25. The Balaban J connectivity index is 1.83. The highest BCUT2D eigenvalue weighted by atomic mass is 32.1. The molecule has 5 heteroatoms. The van der Waals surface area contributed by atoms with Gasteiger partial charge in [0.25, 0.3) is 5.91 Å². The van der Waals surface area contributed by atoms with E-state index in [-0.39, 0.29) is 5.91 Å². The summed E-state index contributed by atoms with van der Waals surface area (Å²) >= 11 is 1.51. The highest BCUT2D eigenvalue weighted by molar-refractivity contribution is 7.10. The van der Waals surface area contributed by atoms with Crippen LogP contribution in [-0.2, 0) is 0 Å². The standard InChI is InChI=1S/C14H17NO3S/c1-9-8-11(10(2)18-9)14(17)15-6-5-12(16)13-4-3-7-19-13/h3-4,7-8,12,16H,5-6H2,1-2H3,(H,15,17)/t12-/m0/s1. The van der Waals surface area contributed by atoms with Crippen molar-refractivity contribution in [3.8, 4) is 0 Å². The molecule has 0 aliphatic rings. The first-order chi connectivity index (χ1) is 9.08. The number of aryl methyl sites for hydroxylation is 2. The minimum Gasteiger partial charge on any atom is -0.466 e. The summed E-state index contributed by atoms with van der Waals surface area (Å²) in [5.41, 5.74) is 0.558. The predicted octanol–water partition coefficient (Wildman–Crippen LogP) is 2.81. The van der Waals surface area contributed by atoms with Gasteiger partial charge in [-0.3, -0.25) is 4.79 Å². The Bertz CT molecular complexity index is 545. The van der Waals surface area contributed by atoms with E-state index in [1.54, 1.807) is 13.0 Å². The Kier molecular flexibility index (Phi) is 4.39. The zero-order valence-corrected chi connectivity index (χ0v) is 11.8. The molecule has 0 saturated heterocycles.